The fourth-order valence-corrected chi connectivity index (χ4v) is 4.67. The van der Waals surface area contributed by atoms with Crippen LogP contribution in [0, 0.1) is 38.2 Å². The van der Waals surface area contributed by atoms with Crippen LogP contribution in [0.3, 0.4) is 0 Å². The number of nitro groups is 1. The van der Waals surface area contributed by atoms with Gasteiger partial charge in [-0.15, -0.1) is 5.01 Å². The van der Waals surface area contributed by atoms with Crippen LogP contribution < -0.4 is 0 Å². The van der Waals surface area contributed by atoms with Crippen molar-refractivity contribution >= 4 is 0 Å². The molecule has 0 unspecified atom stereocenters. The molecule has 5 nitrogen and oxygen atoms in total. The SMILES string of the molecule is C[C@]12CC[C@H]3C[C@@]1(C#N)N([N+](=O)[O-])C[C@@]32C. The number of hydrogen-bond donors (Lipinski definition) is 0. The minimum absolute atomic E-state index is 0.0458. The Morgan fingerprint density at radius 3 is 2.75 bits per heavy atom. The third-order valence-corrected chi connectivity index (χ3v) is 5.91. The van der Waals surface area contributed by atoms with Crippen LogP contribution in [0.4, 0.5) is 0 Å². The van der Waals surface area contributed by atoms with E-state index in [2.05, 4.69) is 19.9 Å². The summed E-state index contributed by atoms with van der Waals surface area (Å²) in [6, 6.07) is 2.28. The first-order chi connectivity index (χ1) is 7.41. The Bertz CT molecular complexity index is 431. The summed E-state index contributed by atoms with van der Waals surface area (Å²) in [5.74, 6) is 0.494. The van der Waals surface area contributed by atoms with E-state index in [0.29, 0.717) is 18.9 Å². The lowest BCUT2D eigenvalue weighted by Gasteiger charge is -2.37. The van der Waals surface area contributed by atoms with Crippen molar-refractivity contribution in [3.63, 3.8) is 0 Å². The predicted molar refractivity (Wildman–Crippen MR) is 55.6 cm³/mol. The van der Waals surface area contributed by atoms with Crippen molar-refractivity contribution < 1.29 is 5.03 Å². The number of nitrogens with zero attached hydrogens (tertiary/aromatic N) is 3. The Labute approximate surface area is 94.1 Å². The van der Waals surface area contributed by atoms with E-state index < -0.39 is 5.54 Å². The second-order valence-corrected chi connectivity index (χ2v) is 5.96. The molecule has 1 heterocycles. The third-order valence-electron chi connectivity index (χ3n) is 5.91. The van der Waals surface area contributed by atoms with Crippen LogP contribution in [-0.2, 0) is 0 Å². The summed E-state index contributed by atoms with van der Waals surface area (Å²) in [7, 11) is 0. The van der Waals surface area contributed by atoms with Crippen LogP contribution in [0.5, 0.6) is 0 Å². The van der Waals surface area contributed by atoms with E-state index in [1.54, 1.807) is 0 Å². The second-order valence-electron chi connectivity index (χ2n) is 5.96. The molecule has 3 fully saturated rings. The first-order valence-electron chi connectivity index (χ1n) is 5.74. The van der Waals surface area contributed by atoms with Crippen LogP contribution in [-0.4, -0.2) is 22.1 Å². The summed E-state index contributed by atoms with van der Waals surface area (Å²) < 4.78 is 0. The quantitative estimate of drug-likeness (QED) is 0.498. The lowest BCUT2D eigenvalue weighted by atomic mass is 9.66. The standard InChI is InChI=1S/C11H15N3O2/c1-9-7-13(14(15)16)11(6-12)5-8(9)3-4-10(9,11)2/h8H,3-5,7H2,1-2H3/t8-,9-,10+,11-/m0/s1. The van der Waals surface area contributed by atoms with Crippen LogP contribution >= 0.6 is 0 Å². The van der Waals surface area contributed by atoms with Crippen molar-refractivity contribution in [2.24, 2.45) is 16.7 Å². The lowest BCUT2D eigenvalue weighted by Crippen LogP contribution is -2.54. The van der Waals surface area contributed by atoms with Crippen LogP contribution in [0.2, 0.25) is 0 Å². The molecule has 3 aliphatic rings. The van der Waals surface area contributed by atoms with Crippen molar-refractivity contribution in [2.75, 3.05) is 6.54 Å². The van der Waals surface area contributed by atoms with E-state index in [1.807, 2.05) is 0 Å². The molecule has 0 radical (unpaired) electrons. The molecule has 2 saturated carbocycles. The smallest absolute Gasteiger partial charge is 0.192 e. The molecule has 1 saturated heterocycles. The fraction of sp³-hybridized carbons (Fsp3) is 0.909. The zero-order valence-corrected chi connectivity index (χ0v) is 9.56. The van der Waals surface area contributed by atoms with Gasteiger partial charge in [0.15, 0.2) is 10.6 Å². The van der Waals surface area contributed by atoms with E-state index >= 15 is 0 Å². The molecular weight excluding hydrogens is 206 g/mol. The minimum atomic E-state index is -0.853. The molecule has 0 spiro atoms. The Balaban J connectivity index is 2.19. The molecule has 0 aromatic heterocycles. The average Bonchev–Trinajstić information content (AvgIpc) is 2.68. The number of rotatable bonds is 1. The van der Waals surface area contributed by atoms with Crippen LogP contribution in [0.15, 0.2) is 0 Å². The number of hydrazine groups is 1. The number of hydrogen-bond acceptors (Lipinski definition) is 3. The van der Waals surface area contributed by atoms with Crippen LogP contribution in [0.1, 0.15) is 33.1 Å². The van der Waals surface area contributed by atoms with Gasteiger partial charge in [0.2, 0.25) is 0 Å². The van der Waals surface area contributed by atoms with Gasteiger partial charge in [-0.1, -0.05) is 13.8 Å². The molecule has 3 rings (SSSR count). The number of piperidine rings is 1. The summed E-state index contributed by atoms with van der Waals surface area (Å²) in [5.41, 5.74) is -1.10. The van der Waals surface area contributed by atoms with Gasteiger partial charge in [-0.2, -0.15) is 5.26 Å². The zero-order chi connectivity index (χ0) is 11.8. The summed E-state index contributed by atoms with van der Waals surface area (Å²) in [4.78, 5) is 11.1. The van der Waals surface area contributed by atoms with Gasteiger partial charge in [0.1, 0.15) is 0 Å². The van der Waals surface area contributed by atoms with E-state index in [0.717, 1.165) is 12.8 Å². The van der Waals surface area contributed by atoms with E-state index in [-0.39, 0.29) is 15.9 Å². The van der Waals surface area contributed by atoms with Gasteiger partial charge >= 0.3 is 0 Å². The van der Waals surface area contributed by atoms with Gasteiger partial charge in [0.25, 0.3) is 0 Å². The summed E-state index contributed by atoms with van der Waals surface area (Å²) in [5, 5.41) is 21.4. The average molecular weight is 221 g/mol. The second kappa shape index (κ2) is 2.34. The van der Waals surface area contributed by atoms with E-state index in [4.69, 9.17) is 0 Å². The fourth-order valence-electron chi connectivity index (χ4n) is 4.67. The zero-order valence-electron chi connectivity index (χ0n) is 9.56. The highest BCUT2D eigenvalue weighted by Crippen LogP contribution is 2.75. The molecule has 4 bridgehead atoms. The van der Waals surface area contributed by atoms with Crippen molar-refractivity contribution in [2.45, 2.75) is 38.6 Å². The normalized spacial score (nSPS) is 53.1. The Hall–Kier alpha value is -1.31. The molecule has 0 amide bonds. The first-order valence-corrected chi connectivity index (χ1v) is 5.74. The molecule has 86 valence electrons. The number of nitriles is 1. The van der Waals surface area contributed by atoms with Gasteiger partial charge < -0.3 is 0 Å². The van der Waals surface area contributed by atoms with Gasteiger partial charge in [0.05, 0.1) is 12.6 Å². The van der Waals surface area contributed by atoms with Crippen molar-refractivity contribution in [3.05, 3.63) is 10.1 Å². The Morgan fingerprint density at radius 2 is 2.25 bits per heavy atom. The summed E-state index contributed by atoms with van der Waals surface area (Å²) in [6.45, 7) is 4.65. The van der Waals surface area contributed by atoms with E-state index in [9.17, 15) is 15.4 Å². The van der Waals surface area contributed by atoms with E-state index in [1.165, 1.54) is 5.01 Å². The molecule has 4 atom stereocenters. The molecular formula is C11H15N3O2. The Morgan fingerprint density at radius 1 is 1.56 bits per heavy atom. The van der Waals surface area contributed by atoms with Crippen molar-refractivity contribution in [1.29, 1.82) is 5.26 Å². The predicted octanol–water partition coefficient (Wildman–Crippen LogP) is 1.58. The van der Waals surface area contributed by atoms with Gasteiger partial charge in [-0.05, 0) is 25.2 Å². The molecule has 0 N–H and O–H groups in total. The maximum atomic E-state index is 11.1. The van der Waals surface area contributed by atoms with Crippen LogP contribution in [0.25, 0.3) is 0 Å². The summed E-state index contributed by atoms with van der Waals surface area (Å²) >= 11 is 0. The maximum absolute atomic E-state index is 11.1. The first kappa shape index (κ1) is 9.88. The third kappa shape index (κ3) is 0.649. The van der Waals surface area contributed by atoms with Crippen molar-refractivity contribution in [1.82, 2.24) is 5.01 Å². The highest BCUT2D eigenvalue weighted by Gasteiger charge is 2.81. The highest BCUT2D eigenvalue weighted by atomic mass is 16.7. The molecule has 0 aromatic carbocycles. The topological polar surface area (TPSA) is 70.2 Å². The van der Waals surface area contributed by atoms with Gasteiger partial charge in [-0.3, -0.25) is 0 Å². The van der Waals surface area contributed by atoms with Gasteiger partial charge in [-0.25, -0.2) is 10.1 Å². The largest absolute Gasteiger partial charge is 0.235 e. The lowest BCUT2D eigenvalue weighted by molar-refractivity contribution is -0.671. The highest BCUT2D eigenvalue weighted by molar-refractivity contribution is 5.34. The maximum Gasteiger partial charge on any atom is 0.192 e. The van der Waals surface area contributed by atoms with Gasteiger partial charge in [0, 0.05) is 10.8 Å². The molecule has 2 aliphatic carbocycles. The van der Waals surface area contributed by atoms with Crippen molar-refractivity contribution in [3.8, 4) is 6.07 Å². The monoisotopic (exact) mass is 221 g/mol. The molecule has 1 aliphatic heterocycles. The summed E-state index contributed by atoms with van der Waals surface area (Å²) in [6.07, 6.45) is 2.76. The minimum Gasteiger partial charge on any atom is -0.235 e. The molecule has 0 aromatic rings. The Kier molecular flexibility index (Phi) is 1.45. The molecule has 5 heteroatoms. The molecule has 16 heavy (non-hydrogen) atoms.